The number of esters is 2. The van der Waals surface area contributed by atoms with Crippen LogP contribution in [0.4, 0.5) is 0 Å². The first-order chi connectivity index (χ1) is 27.5. The van der Waals surface area contributed by atoms with Crippen molar-refractivity contribution in [2.45, 2.75) is 142 Å². The summed E-state index contributed by atoms with van der Waals surface area (Å²) in [6.07, 6.45) is 50.2. The second-order valence-electron chi connectivity index (χ2n) is 15.0. The number of rotatable bonds is 37. The van der Waals surface area contributed by atoms with Gasteiger partial charge >= 0.3 is 11.9 Å². The van der Waals surface area contributed by atoms with E-state index < -0.39 is 32.5 Å². The Morgan fingerprint density at radius 1 is 0.561 bits per heavy atom. The number of phosphoric ester groups is 1. The molecule has 0 rings (SSSR count). The quantitative estimate of drug-likeness (QED) is 0.0200. The number of likely N-dealkylation sites (N-methyl/N-ethyl adjacent to an activating group) is 1. The van der Waals surface area contributed by atoms with E-state index in [0.29, 0.717) is 23.9 Å². The fraction of sp³-hybridized carbons (Fsp3) is 0.617. The first-order valence-corrected chi connectivity index (χ1v) is 22.9. The molecule has 324 valence electrons. The summed E-state index contributed by atoms with van der Waals surface area (Å²) in [4.78, 5) is 37.5. The van der Waals surface area contributed by atoms with E-state index in [1.807, 2.05) is 33.3 Å². The Bertz CT molecular complexity index is 1290. The average molecular weight is 816 g/mol. The Hall–Kier alpha value is -3.07. The second kappa shape index (κ2) is 38.4. The third kappa shape index (κ3) is 42.4. The van der Waals surface area contributed by atoms with Crippen LogP contribution in [0.5, 0.6) is 0 Å². The molecule has 0 aromatic heterocycles. The van der Waals surface area contributed by atoms with Crippen LogP contribution in [0.2, 0.25) is 0 Å². The van der Waals surface area contributed by atoms with Crippen molar-refractivity contribution in [3.05, 3.63) is 97.2 Å². The van der Waals surface area contributed by atoms with E-state index in [1.54, 1.807) is 0 Å². The molecule has 9 nitrogen and oxygen atoms in total. The summed E-state index contributed by atoms with van der Waals surface area (Å²) in [6.45, 7) is 3.93. The average Bonchev–Trinajstić information content (AvgIpc) is 3.16. The van der Waals surface area contributed by atoms with Gasteiger partial charge in [-0.25, -0.2) is 0 Å². The zero-order valence-corrected chi connectivity index (χ0v) is 37.1. The summed E-state index contributed by atoms with van der Waals surface area (Å²) in [6, 6.07) is 0. The predicted octanol–water partition coefficient (Wildman–Crippen LogP) is 11.6. The number of allylic oxidation sites excluding steroid dienone is 16. The largest absolute Gasteiger partial charge is 0.756 e. The molecule has 57 heavy (non-hydrogen) atoms. The smallest absolute Gasteiger partial charge is 0.306 e. The zero-order valence-electron chi connectivity index (χ0n) is 36.2. The Morgan fingerprint density at radius 2 is 1.04 bits per heavy atom. The van der Waals surface area contributed by atoms with Crippen molar-refractivity contribution in [1.82, 2.24) is 0 Å². The summed E-state index contributed by atoms with van der Waals surface area (Å²) in [5.74, 6) is -0.961. The van der Waals surface area contributed by atoms with E-state index in [0.717, 1.165) is 83.5 Å². The molecule has 0 saturated heterocycles. The van der Waals surface area contributed by atoms with Gasteiger partial charge in [0.25, 0.3) is 7.82 Å². The molecule has 0 aliphatic rings. The highest BCUT2D eigenvalue weighted by molar-refractivity contribution is 7.45. The van der Waals surface area contributed by atoms with Crippen molar-refractivity contribution in [1.29, 1.82) is 0 Å². The van der Waals surface area contributed by atoms with Crippen LogP contribution in [0.15, 0.2) is 97.2 Å². The van der Waals surface area contributed by atoms with Crippen LogP contribution >= 0.6 is 7.82 Å². The van der Waals surface area contributed by atoms with E-state index in [4.69, 9.17) is 18.5 Å². The summed E-state index contributed by atoms with van der Waals surface area (Å²) in [7, 11) is 1.09. The van der Waals surface area contributed by atoms with Gasteiger partial charge in [-0.15, -0.1) is 0 Å². The molecule has 0 radical (unpaired) electrons. The lowest BCUT2D eigenvalue weighted by molar-refractivity contribution is -0.870. The van der Waals surface area contributed by atoms with Crippen molar-refractivity contribution in [2.24, 2.45) is 0 Å². The molecular formula is C47H78NO8P. The van der Waals surface area contributed by atoms with Gasteiger partial charge in [-0.1, -0.05) is 143 Å². The number of quaternary nitrogens is 1. The number of hydrogen-bond acceptors (Lipinski definition) is 8. The monoisotopic (exact) mass is 816 g/mol. The summed E-state index contributed by atoms with van der Waals surface area (Å²) in [5.41, 5.74) is 0. The van der Waals surface area contributed by atoms with Crippen LogP contribution < -0.4 is 4.89 Å². The molecule has 2 unspecified atom stereocenters. The molecule has 0 saturated carbocycles. The van der Waals surface area contributed by atoms with Crippen molar-refractivity contribution in [3.8, 4) is 0 Å². The minimum atomic E-state index is -4.65. The maximum Gasteiger partial charge on any atom is 0.306 e. The van der Waals surface area contributed by atoms with Crippen molar-refractivity contribution < 1.29 is 42.1 Å². The van der Waals surface area contributed by atoms with Gasteiger partial charge in [0, 0.05) is 12.8 Å². The number of ether oxygens (including phenoxy) is 2. The van der Waals surface area contributed by atoms with E-state index >= 15 is 0 Å². The first kappa shape index (κ1) is 53.9. The van der Waals surface area contributed by atoms with Crippen molar-refractivity contribution in [2.75, 3.05) is 47.5 Å². The van der Waals surface area contributed by atoms with Gasteiger partial charge in [0.05, 0.1) is 27.7 Å². The molecule has 0 N–H and O–H groups in total. The predicted molar refractivity (Wildman–Crippen MR) is 235 cm³/mol. The van der Waals surface area contributed by atoms with Crippen LogP contribution in [0.1, 0.15) is 136 Å². The summed E-state index contributed by atoms with van der Waals surface area (Å²) >= 11 is 0. The molecule has 0 heterocycles. The Kier molecular flexibility index (Phi) is 36.4. The molecule has 0 amide bonds. The molecule has 0 bridgehead atoms. The van der Waals surface area contributed by atoms with Crippen LogP contribution in [0.25, 0.3) is 0 Å². The van der Waals surface area contributed by atoms with Crippen molar-refractivity contribution in [3.63, 3.8) is 0 Å². The van der Waals surface area contributed by atoms with E-state index in [-0.39, 0.29) is 26.1 Å². The van der Waals surface area contributed by atoms with Crippen LogP contribution in [-0.4, -0.2) is 70.0 Å². The molecule has 0 aliphatic heterocycles. The molecule has 0 spiro atoms. The van der Waals surface area contributed by atoms with Crippen molar-refractivity contribution >= 4 is 19.8 Å². The SMILES string of the molecule is CC/C=C\C/C=C\C/C=C\C/C=C\C/C=C\C/C=C\CCC(=O)OC(COC(=O)CCCCCCC/C=C\C/C=C\CCCC)COP(=O)([O-])OCC[N+](C)(C)C. The maximum absolute atomic E-state index is 12.6. The maximum atomic E-state index is 12.6. The Labute approximate surface area is 347 Å². The molecule has 10 heteroatoms. The highest BCUT2D eigenvalue weighted by Gasteiger charge is 2.21. The highest BCUT2D eigenvalue weighted by Crippen LogP contribution is 2.38. The number of nitrogens with zero attached hydrogens (tertiary/aromatic N) is 1. The molecule has 0 fully saturated rings. The van der Waals surface area contributed by atoms with Crippen LogP contribution in [-0.2, 0) is 32.7 Å². The first-order valence-electron chi connectivity index (χ1n) is 21.4. The highest BCUT2D eigenvalue weighted by atomic mass is 31.2. The lowest BCUT2D eigenvalue weighted by atomic mass is 10.1. The fourth-order valence-electron chi connectivity index (χ4n) is 4.99. The van der Waals surface area contributed by atoms with Gasteiger partial charge in [-0.2, -0.15) is 0 Å². The second-order valence-corrected chi connectivity index (χ2v) is 16.4. The number of unbranched alkanes of at least 4 members (excludes halogenated alkanes) is 7. The summed E-state index contributed by atoms with van der Waals surface area (Å²) in [5, 5.41) is 0. The van der Waals surface area contributed by atoms with Crippen LogP contribution in [0.3, 0.4) is 0 Å². The third-order valence-electron chi connectivity index (χ3n) is 8.35. The van der Waals surface area contributed by atoms with Crippen LogP contribution in [0, 0.1) is 0 Å². The molecule has 0 aliphatic carbocycles. The Balaban J connectivity index is 4.55. The number of carbonyl (C=O) groups is 2. The lowest BCUT2D eigenvalue weighted by Gasteiger charge is -2.28. The standard InChI is InChI=1S/C47H78NO8P/c1-6-8-10-12-14-16-18-20-22-23-24-25-26-28-30-32-34-36-38-40-47(50)56-45(44-55-57(51,52)54-42-41-48(3,4)5)43-53-46(49)39-37-35-33-31-29-27-21-19-17-15-13-11-9-7-2/h8,10,13-16,19-22,24-25,28,30,34,36,45H,6-7,9,11-12,17-18,23,26-27,29,31-33,35,37-44H2,1-5H3/b10-8-,15-13-,16-14-,21-19-,22-20-,25-24-,30-28-,36-34-. The zero-order chi connectivity index (χ0) is 42.1. The fourth-order valence-corrected chi connectivity index (χ4v) is 5.72. The molecule has 0 aromatic carbocycles. The number of hydrogen-bond donors (Lipinski definition) is 0. The topological polar surface area (TPSA) is 111 Å². The van der Waals surface area contributed by atoms with Gasteiger partial charge in [0.15, 0.2) is 6.10 Å². The summed E-state index contributed by atoms with van der Waals surface area (Å²) < 4.78 is 33.7. The van der Waals surface area contributed by atoms with E-state index in [2.05, 4.69) is 98.9 Å². The van der Waals surface area contributed by atoms with Gasteiger partial charge in [-0.3, -0.25) is 14.2 Å². The number of phosphoric acid groups is 1. The molecule has 2 atom stereocenters. The number of carbonyl (C=O) groups excluding carboxylic acids is 2. The van der Waals surface area contributed by atoms with Gasteiger partial charge in [0.1, 0.15) is 19.8 Å². The molecular weight excluding hydrogens is 737 g/mol. The van der Waals surface area contributed by atoms with E-state index in [1.165, 1.54) is 12.8 Å². The van der Waals surface area contributed by atoms with Gasteiger partial charge in [-0.05, 0) is 77.0 Å². The van der Waals surface area contributed by atoms with E-state index in [9.17, 15) is 19.0 Å². The van der Waals surface area contributed by atoms with Gasteiger partial charge < -0.3 is 27.9 Å². The minimum Gasteiger partial charge on any atom is -0.756 e. The minimum absolute atomic E-state index is 0.0524. The third-order valence-corrected chi connectivity index (χ3v) is 9.32. The van der Waals surface area contributed by atoms with Gasteiger partial charge in [0.2, 0.25) is 0 Å². The normalized spacial score (nSPS) is 14.6. The molecule has 0 aromatic rings. The Morgan fingerprint density at radius 3 is 1.56 bits per heavy atom. The lowest BCUT2D eigenvalue weighted by Crippen LogP contribution is -2.37.